The summed E-state index contributed by atoms with van der Waals surface area (Å²) in [5.74, 6) is 0. The number of aliphatic hydroxyl groups is 1. The summed E-state index contributed by atoms with van der Waals surface area (Å²) >= 11 is 28.2. The van der Waals surface area contributed by atoms with E-state index < -0.39 is 6.10 Å². The van der Waals surface area contributed by atoms with Crippen molar-refractivity contribution in [1.82, 2.24) is 0 Å². The first-order valence-corrected chi connectivity index (χ1v) is 19.0. The zero-order chi connectivity index (χ0) is 36.6. The molecule has 6 rings (SSSR count). The Labute approximate surface area is 335 Å². The number of benzene rings is 6. The number of halogens is 6. The van der Waals surface area contributed by atoms with Crippen LogP contribution in [0.2, 0.25) is 15.1 Å². The van der Waals surface area contributed by atoms with Gasteiger partial charge in [0.1, 0.15) is 12.4 Å². The molecule has 1 atom stereocenters. The molecule has 1 N–H and O–H groups in total. The van der Waals surface area contributed by atoms with Crippen molar-refractivity contribution in [2.24, 2.45) is 0 Å². The molecule has 0 spiro atoms. The van der Waals surface area contributed by atoms with Gasteiger partial charge >= 0.3 is 0 Å². The Balaban J connectivity index is 0.000000189. The molecule has 0 aliphatic carbocycles. The van der Waals surface area contributed by atoms with Crippen LogP contribution in [-0.2, 0) is 6.42 Å². The standard InChI is InChI=1S/C14H12BrClO.C14H12BrCl.C8H8O.C6H4BrCl/c1-9-4-2-5-10(8-9)14(17)13-11(15)6-3-7-12(13)16;1-10-4-2-5-11(8-10)9-12-13(15)6-3-7-14(12)16;1-7-3-2-4-8(5-7)6-9;7-5-2-1-3-6(8)4-5/h2-8,14,17H,1H3;2-8H,9H2,1H3;2-6H,1H3;1-4H. The van der Waals surface area contributed by atoms with Gasteiger partial charge in [-0.05, 0) is 86.0 Å². The van der Waals surface area contributed by atoms with Gasteiger partial charge in [0, 0.05) is 46.0 Å². The molecule has 2 nitrogen and oxygen atoms in total. The third kappa shape index (κ3) is 14.1. The highest BCUT2D eigenvalue weighted by Gasteiger charge is 2.17. The van der Waals surface area contributed by atoms with Gasteiger partial charge in [-0.25, -0.2) is 0 Å². The molecule has 0 saturated carbocycles. The van der Waals surface area contributed by atoms with Gasteiger partial charge in [-0.15, -0.1) is 0 Å². The molecule has 8 heteroatoms. The first-order chi connectivity index (χ1) is 23.9. The Morgan fingerprint density at radius 2 is 1.18 bits per heavy atom. The molecule has 0 bridgehead atoms. The van der Waals surface area contributed by atoms with Crippen molar-refractivity contribution in [3.63, 3.8) is 0 Å². The van der Waals surface area contributed by atoms with Crippen LogP contribution in [0.5, 0.6) is 0 Å². The van der Waals surface area contributed by atoms with E-state index in [1.807, 2.05) is 111 Å². The molecule has 6 aromatic carbocycles. The van der Waals surface area contributed by atoms with E-state index in [0.29, 0.717) is 10.6 Å². The van der Waals surface area contributed by atoms with Gasteiger partial charge in [0.05, 0.1) is 0 Å². The van der Waals surface area contributed by atoms with E-state index in [4.69, 9.17) is 34.8 Å². The van der Waals surface area contributed by atoms with Crippen LogP contribution >= 0.6 is 82.6 Å². The fourth-order valence-corrected chi connectivity index (χ4v) is 7.27. The molecule has 0 radical (unpaired) electrons. The Morgan fingerprint density at radius 3 is 1.70 bits per heavy atom. The Kier molecular flexibility index (Phi) is 18.0. The quantitative estimate of drug-likeness (QED) is 0.175. The first kappa shape index (κ1) is 41.7. The van der Waals surface area contributed by atoms with E-state index in [9.17, 15) is 9.90 Å². The fourth-order valence-electron chi connectivity index (χ4n) is 4.71. The highest BCUT2D eigenvalue weighted by molar-refractivity contribution is 9.11. The highest BCUT2D eigenvalue weighted by Crippen LogP contribution is 2.34. The second kappa shape index (κ2) is 21.6. The smallest absolute Gasteiger partial charge is 0.150 e. The minimum absolute atomic E-state index is 0.563. The number of hydrogen-bond acceptors (Lipinski definition) is 2. The second-order valence-corrected chi connectivity index (χ2v) is 15.2. The molecule has 0 amide bonds. The third-order valence-corrected chi connectivity index (χ3v) is 9.97. The minimum Gasteiger partial charge on any atom is -0.384 e. The van der Waals surface area contributed by atoms with Crippen LogP contribution in [0.3, 0.4) is 0 Å². The van der Waals surface area contributed by atoms with Crippen LogP contribution in [0.1, 0.15) is 55.4 Å². The van der Waals surface area contributed by atoms with E-state index in [1.54, 1.807) is 12.1 Å². The lowest BCUT2D eigenvalue weighted by atomic mass is 10.00. The van der Waals surface area contributed by atoms with Gasteiger partial charge in [-0.3, -0.25) is 4.79 Å². The topological polar surface area (TPSA) is 37.3 Å². The van der Waals surface area contributed by atoms with Crippen molar-refractivity contribution in [2.75, 3.05) is 0 Å². The Bertz CT molecular complexity index is 1940. The SMILES string of the molecule is Cc1cccc(C(O)c2c(Cl)cccc2Br)c1.Cc1cccc(C=O)c1.Cc1cccc(Cc2c(Cl)cccc2Br)c1.Clc1cccc(Br)c1. The lowest BCUT2D eigenvalue weighted by Gasteiger charge is -2.15. The molecule has 1 unspecified atom stereocenters. The summed E-state index contributed by atoms with van der Waals surface area (Å²) in [5.41, 5.74) is 8.25. The van der Waals surface area contributed by atoms with E-state index in [2.05, 4.69) is 79.0 Å². The molecule has 0 saturated heterocycles. The summed E-state index contributed by atoms with van der Waals surface area (Å²) in [5, 5.41) is 12.5. The van der Waals surface area contributed by atoms with Crippen molar-refractivity contribution in [3.05, 3.63) is 206 Å². The van der Waals surface area contributed by atoms with Gasteiger partial charge in [0.25, 0.3) is 0 Å². The monoisotopic (exact) mass is 914 g/mol. The van der Waals surface area contributed by atoms with E-state index in [0.717, 1.165) is 64.0 Å². The largest absolute Gasteiger partial charge is 0.384 e. The van der Waals surface area contributed by atoms with Gasteiger partial charge in [0.2, 0.25) is 0 Å². The number of carbonyl (C=O) groups excluding carboxylic acids is 1. The zero-order valence-electron chi connectivity index (χ0n) is 27.7. The van der Waals surface area contributed by atoms with Crippen LogP contribution in [0, 0.1) is 20.8 Å². The molecule has 0 aliphatic rings. The number of hydrogen-bond donors (Lipinski definition) is 1. The summed E-state index contributed by atoms with van der Waals surface area (Å²) in [6, 6.07) is 42.7. The predicted molar refractivity (Wildman–Crippen MR) is 223 cm³/mol. The van der Waals surface area contributed by atoms with E-state index in [1.165, 1.54) is 11.1 Å². The summed E-state index contributed by atoms with van der Waals surface area (Å²) in [6.07, 6.45) is 1.01. The molecule has 0 aromatic heterocycles. The van der Waals surface area contributed by atoms with E-state index >= 15 is 0 Å². The Hall–Kier alpha value is -2.74. The maximum absolute atomic E-state index is 10.4. The number of aryl methyl sites for hydroxylation is 3. The van der Waals surface area contributed by atoms with Crippen molar-refractivity contribution < 1.29 is 9.90 Å². The maximum Gasteiger partial charge on any atom is 0.150 e. The number of rotatable bonds is 5. The average Bonchev–Trinajstić information content (AvgIpc) is 3.07. The van der Waals surface area contributed by atoms with Crippen molar-refractivity contribution in [3.8, 4) is 0 Å². The van der Waals surface area contributed by atoms with Crippen molar-refractivity contribution in [1.29, 1.82) is 0 Å². The van der Waals surface area contributed by atoms with Gasteiger partial charge in [0.15, 0.2) is 0 Å². The van der Waals surface area contributed by atoms with Crippen LogP contribution < -0.4 is 0 Å². The molecule has 50 heavy (non-hydrogen) atoms. The first-order valence-electron chi connectivity index (χ1n) is 15.5. The number of aliphatic hydroxyl groups excluding tert-OH is 1. The summed E-state index contributed by atoms with van der Waals surface area (Å²) in [4.78, 5) is 10.2. The molecular weight excluding hydrogens is 883 g/mol. The third-order valence-electron chi connectivity index (χ3n) is 7.12. The second-order valence-electron chi connectivity index (χ2n) is 11.3. The minimum atomic E-state index is -0.710. The fraction of sp³-hybridized carbons (Fsp3) is 0.119. The van der Waals surface area contributed by atoms with Gasteiger partial charge in [-0.2, -0.15) is 0 Å². The molecule has 0 aliphatic heterocycles. The lowest BCUT2D eigenvalue weighted by molar-refractivity contribution is 0.112. The van der Waals surface area contributed by atoms with E-state index in [-0.39, 0.29) is 0 Å². The van der Waals surface area contributed by atoms with Crippen LogP contribution in [0.15, 0.2) is 147 Å². The normalized spacial score (nSPS) is 10.7. The molecule has 258 valence electrons. The number of carbonyl (C=O) groups is 1. The van der Waals surface area contributed by atoms with Crippen molar-refractivity contribution in [2.45, 2.75) is 33.3 Å². The number of aldehydes is 1. The maximum atomic E-state index is 10.4. The lowest BCUT2D eigenvalue weighted by Crippen LogP contribution is -2.01. The van der Waals surface area contributed by atoms with Crippen LogP contribution in [0.4, 0.5) is 0 Å². The predicted octanol–water partition coefficient (Wildman–Crippen LogP) is 14.4. The summed E-state index contributed by atoms with van der Waals surface area (Å²) in [7, 11) is 0. The summed E-state index contributed by atoms with van der Waals surface area (Å²) in [6.45, 7) is 6.07. The molecule has 0 heterocycles. The Morgan fingerprint density at radius 1 is 0.620 bits per heavy atom. The molecule has 6 aromatic rings. The van der Waals surface area contributed by atoms with Gasteiger partial charge in [-0.1, -0.05) is 184 Å². The summed E-state index contributed by atoms with van der Waals surface area (Å²) < 4.78 is 2.91. The average molecular weight is 919 g/mol. The van der Waals surface area contributed by atoms with Crippen molar-refractivity contribution >= 4 is 88.9 Å². The molecule has 0 fully saturated rings. The molecular formula is C42H36Br3Cl3O2. The van der Waals surface area contributed by atoms with Gasteiger partial charge < -0.3 is 5.11 Å². The zero-order valence-corrected chi connectivity index (χ0v) is 34.7. The van der Waals surface area contributed by atoms with Crippen LogP contribution in [-0.4, -0.2) is 11.4 Å². The van der Waals surface area contributed by atoms with Crippen LogP contribution in [0.25, 0.3) is 0 Å². The highest BCUT2D eigenvalue weighted by atomic mass is 79.9.